The molecule has 2 N–H and O–H groups in total. The number of ether oxygens (including phenoxy) is 1. The molecule has 0 aliphatic carbocycles. The van der Waals surface area contributed by atoms with Crippen molar-refractivity contribution in [1.29, 1.82) is 0 Å². The summed E-state index contributed by atoms with van der Waals surface area (Å²) in [4.78, 5) is 34.6. The van der Waals surface area contributed by atoms with Gasteiger partial charge in [-0.15, -0.1) is 0 Å². The molecular weight excluding hydrogens is 446 g/mol. The van der Waals surface area contributed by atoms with E-state index in [1.807, 2.05) is 62.4 Å². The number of imide groups is 1. The maximum Gasteiger partial charge on any atom is 0.327 e. The SMILES string of the molecule is Cc1ccc(OCC(O)CN2C(=NCCc3ccccc3)NC3C2C(=O)N(C)C(=O)N3C)cc1C. The van der Waals surface area contributed by atoms with Gasteiger partial charge >= 0.3 is 6.03 Å². The van der Waals surface area contributed by atoms with E-state index in [1.54, 1.807) is 11.9 Å². The number of carbonyl (C=O) groups excluding carboxylic acids is 2. The number of aliphatic imine (C=N–C) groups is 1. The van der Waals surface area contributed by atoms with Gasteiger partial charge in [-0.3, -0.25) is 14.7 Å². The van der Waals surface area contributed by atoms with Crippen LogP contribution >= 0.6 is 0 Å². The van der Waals surface area contributed by atoms with Gasteiger partial charge in [-0.2, -0.15) is 0 Å². The Bertz CT molecular complexity index is 1110. The second-order valence-electron chi connectivity index (χ2n) is 9.13. The molecule has 2 aliphatic rings. The van der Waals surface area contributed by atoms with Gasteiger partial charge in [-0.25, -0.2) is 4.79 Å². The molecule has 9 heteroatoms. The molecule has 4 rings (SSSR count). The smallest absolute Gasteiger partial charge is 0.327 e. The highest BCUT2D eigenvalue weighted by Crippen LogP contribution is 2.25. The van der Waals surface area contributed by atoms with Gasteiger partial charge in [0.2, 0.25) is 0 Å². The van der Waals surface area contributed by atoms with Crippen molar-refractivity contribution in [3.05, 3.63) is 65.2 Å². The molecule has 2 aromatic carbocycles. The minimum atomic E-state index is -0.877. The number of carbonyl (C=O) groups is 2. The summed E-state index contributed by atoms with van der Waals surface area (Å²) in [5.41, 5.74) is 3.44. The number of guanidine groups is 1. The van der Waals surface area contributed by atoms with Gasteiger partial charge in [-0.1, -0.05) is 36.4 Å². The number of urea groups is 1. The number of aliphatic hydroxyl groups excluding tert-OH is 1. The van der Waals surface area contributed by atoms with Gasteiger partial charge in [0.05, 0.1) is 6.54 Å². The first kappa shape index (κ1) is 24.5. The molecule has 35 heavy (non-hydrogen) atoms. The molecule has 3 amide bonds. The quantitative estimate of drug-likeness (QED) is 0.599. The summed E-state index contributed by atoms with van der Waals surface area (Å²) >= 11 is 0. The number of fused-ring (bicyclic) bond motifs is 1. The topological polar surface area (TPSA) is 97.7 Å². The number of aryl methyl sites for hydroxylation is 2. The highest BCUT2D eigenvalue weighted by molar-refractivity contribution is 6.04. The number of amides is 3. The van der Waals surface area contributed by atoms with Crippen molar-refractivity contribution in [1.82, 2.24) is 20.0 Å². The molecule has 3 unspecified atom stereocenters. The van der Waals surface area contributed by atoms with E-state index in [0.29, 0.717) is 18.3 Å². The lowest BCUT2D eigenvalue weighted by atomic mass is 10.1. The molecule has 2 fully saturated rings. The van der Waals surface area contributed by atoms with Crippen LogP contribution in [0.4, 0.5) is 4.79 Å². The lowest BCUT2D eigenvalue weighted by Gasteiger charge is -2.39. The maximum atomic E-state index is 13.1. The van der Waals surface area contributed by atoms with Crippen LogP contribution in [0, 0.1) is 13.8 Å². The van der Waals surface area contributed by atoms with E-state index in [2.05, 4.69) is 5.32 Å². The fraction of sp³-hybridized carbons (Fsp3) is 0.423. The number of nitrogens with one attached hydrogen (secondary N) is 1. The molecule has 2 aromatic rings. The summed E-state index contributed by atoms with van der Waals surface area (Å²) < 4.78 is 5.81. The van der Waals surface area contributed by atoms with E-state index in [1.165, 1.54) is 17.5 Å². The first-order valence-corrected chi connectivity index (χ1v) is 11.8. The second kappa shape index (κ2) is 10.4. The summed E-state index contributed by atoms with van der Waals surface area (Å²) in [5.74, 6) is 0.839. The number of hydrogen-bond donors (Lipinski definition) is 2. The standard InChI is InChI=1S/C26H33N5O4/c1-17-10-11-21(14-18(17)2)35-16-20(32)15-31-22-23(29(3)26(34)30(4)24(22)33)28-25(31)27-13-12-19-8-6-5-7-9-19/h5-11,14,20,22-23,32H,12-13,15-16H2,1-4H3,(H,27,28). The van der Waals surface area contributed by atoms with Crippen LogP contribution in [0.2, 0.25) is 0 Å². The molecule has 186 valence electrons. The summed E-state index contributed by atoms with van der Waals surface area (Å²) in [6.07, 6.45) is -0.706. The highest BCUT2D eigenvalue weighted by Gasteiger charge is 2.52. The summed E-state index contributed by atoms with van der Waals surface area (Å²) in [5, 5.41) is 14.1. The number of nitrogens with zero attached hydrogens (tertiary/aromatic N) is 4. The first-order valence-electron chi connectivity index (χ1n) is 11.8. The molecule has 0 aromatic heterocycles. The van der Waals surface area contributed by atoms with Crippen molar-refractivity contribution >= 4 is 17.9 Å². The predicted octanol–water partition coefficient (Wildman–Crippen LogP) is 1.77. The van der Waals surface area contributed by atoms with Crippen LogP contribution in [0.15, 0.2) is 53.5 Å². The monoisotopic (exact) mass is 479 g/mol. The summed E-state index contributed by atoms with van der Waals surface area (Å²) in [6, 6.07) is 14.7. The number of likely N-dealkylation sites (N-methyl/N-ethyl adjacent to an activating group) is 2. The Balaban J connectivity index is 1.49. The third-order valence-corrected chi connectivity index (χ3v) is 6.61. The van der Waals surface area contributed by atoms with E-state index < -0.39 is 18.3 Å². The van der Waals surface area contributed by atoms with Gasteiger partial charge in [0, 0.05) is 20.6 Å². The number of β-amino-alcohol motifs (C(OH)–C–C–N with tert-alkyl or cyclic N) is 1. The lowest BCUT2D eigenvalue weighted by molar-refractivity contribution is -0.136. The number of benzene rings is 2. The van der Waals surface area contributed by atoms with Crippen molar-refractivity contribution in [2.24, 2.45) is 4.99 Å². The number of rotatable bonds is 8. The van der Waals surface area contributed by atoms with Crippen LogP contribution in [0.1, 0.15) is 16.7 Å². The fourth-order valence-electron chi connectivity index (χ4n) is 4.37. The largest absolute Gasteiger partial charge is 0.491 e. The van der Waals surface area contributed by atoms with Crippen LogP contribution in [0.25, 0.3) is 0 Å². The van der Waals surface area contributed by atoms with Crippen LogP contribution < -0.4 is 10.1 Å². The van der Waals surface area contributed by atoms with Crippen LogP contribution in [0.3, 0.4) is 0 Å². The fourth-order valence-corrected chi connectivity index (χ4v) is 4.37. The van der Waals surface area contributed by atoms with Crippen LogP contribution in [-0.2, 0) is 11.2 Å². The Morgan fingerprint density at radius 2 is 1.83 bits per heavy atom. The van der Waals surface area contributed by atoms with Gasteiger partial charge in [0.25, 0.3) is 5.91 Å². The second-order valence-corrected chi connectivity index (χ2v) is 9.13. The molecule has 3 atom stereocenters. The first-order chi connectivity index (χ1) is 16.8. The summed E-state index contributed by atoms with van der Waals surface area (Å²) in [7, 11) is 3.12. The van der Waals surface area contributed by atoms with Gasteiger partial charge < -0.3 is 25.0 Å². The van der Waals surface area contributed by atoms with E-state index in [4.69, 9.17) is 9.73 Å². The Labute approximate surface area is 206 Å². The average Bonchev–Trinajstić information content (AvgIpc) is 3.21. The molecule has 9 nitrogen and oxygen atoms in total. The molecule has 2 saturated heterocycles. The van der Waals surface area contributed by atoms with Crippen molar-refractivity contribution < 1.29 is 19.4 Å². The Morgan fingerprint density at radius 1 is 1.09 bits per heavy atom. The van der Waals surface area contributed by atoms with E-state index >= 15 is 0 Å². The van der Waals surface area contributed by atoms with Crippen LogP contribution in [-0.4, -0.2) is 89.8 Å². The molecule has 0 bridgehead atoms. The van der Waals surface area contributed by atoms with E-state index in [-0.39, 0.29) is 25.1 Å². The number of aliphatic hydroxyl groups is 1. The van der Waals surface area contributed by atoms with Gasteiger partial charge in [0.1, 0.15) is 24.6 Å². The van der Waals surface area contributed by atoms with Crippen molar-refractivity contribution in [2.45, 2.75) is 38.6 Å². The third-order valence-electron chi connectivity index (χ3n) is 6.61. The van der Waals surface area contributed by atoms with Gasteiger partial charge in [-0.05, 0) is 49.1 Å². The average molecular weight is 480 g/mol. The number of hydrogen-bond acceptors (Lipinski definition) is 5. The zero-order valence-corrected chi connectivity index (χ0v) is 20.6. The molecule has 0 radical (unpaired) electrons. The van der Waals surface area contributed by atoms with Crippen molar-refractivity contribution in [3.63, 3.8) is 0 Å². The zero-order chi connectivity index (χ0) is 25.1. The Hall–Kier alpha value is -3.59. The summed E-state index contributed by atoms with van der Waals surface area (Å²) in [6.45, 7) is 4.73. The minimum absolute atomic E-state index is 0.0620. The maximum absolute atomic E-state index is 13.1. The lowest BCUT2D eigenvalue weighted by Crippen LogP contribution is -2.65. The molecule has 2 aliphatic heterocycles. The molecule has 2 heterocycles. The minimum Gasteiger partial charge on any atom is -0.491 e. The Morgan fingerprint density at radius 3 is 2.54 bits per heavy atom. The predicted molar refractivity (Wildman–Crippen MR) is 133 cm³/mol. The third kappa shape index (κ3) is 5.24. The van der Waals surface area contributed by atoms with E-state index in [9.17, 15) is 14.7 Å². The van der Waals surface area contributed by atoms with Crippen LogP contribution in [0.5, 0.6) is 5.75 Å². The normalized spacial score (nSPS) is 21.9. The van der Waals surface area contributed by atoms with E-state index in [0.717, 1.165) is 22.4 Å². The zero-order valence-electron chi connectivity index (χ0n) is 20.6. The molecule has 0 spiro atoms. The highest BCUT2D eigenvalue weighted by atomic mass is 16.5. The van der Waals surface area contributed by atoms with Gasteiger partial charge in [0.15, 0.2) is 12.0 Å². The van der Waals surface area contributed by atoms with Crippen molar-refractivity contribution in [2.75, 3.05) is 33.8 Å². The molecular formula is C26H33N5O4. The Kier molecular flexibility index (Phi) is 7.25. The molecule has 0 saturated carbocycles. The van der Waals surface area contributed by atoms with Crippen molar-refractivity contribution in [3.8, 4) is 5.75 Å².